The highest BCUT2D eigenvalue weighted by Crippen LogP contribution is 2.38. The summed E-state index contributed by atoms with van der Waals surface area (Å²) < 4.78 is 39.5. The summed E-state index contributed by atoms with van der Waals surface area (Å²) >= 11 is 0.796. The molecule has 9 nitrogen and oxygen atoms in total. The van der Waals surface area contributed by atoms with Crippen molar-refractivity contribution < 1.29 is 22.8 Å². The highest BCUT2D eigenvalue weighted by Gasteiger charge is 2.34. The standard InChI is InChI=1S/C22H22F3N7O2S/c1-5-27-21(34)31-18-7-15(20-30-17(11-35-20)22(23,24)25)16(10-28-18)13-6-14(9-26-8-13)19(33)29-12(2)32(3)4/h6-11H,5H2,1-4H3,(H2,27,28,31,34). The zero-order chi connectivity index (χ0) is 25.8. The predicted molar refractivity (Wildman–Crippen MR) is 127 cm³/mol. The number of pyridine rings is 2. The average molecular weight is 506 g/mol. The molecule has 0 aliphatic rings. The van der Waals surface area contributed by atoms with E-state index in [2.05, 4.69) is 30.6 Å². The van der Waals surface area contributed by atoms with Crippen LogP contribution in [0.3, 0.4) is 0 Å². The van der Waals surface area contributed by atoms with Crippen molar-refractivity contribution in [2.24, 2.45) is 4.99 Å². The fourth-order valence-corrected chi connectivity index (χ4v) is 3.65. The molecule has 0 fully saturated rings. The molecule has 0 spiro atoms. The molecular weight excluding hydrogens is 483 g/mol. The normalized spacial score (nSPS) is 11.8. The summed E-state index contributed by atoms with van der Waals surface area (Å²) in [5.41, 5.74) is 0.240. The Balaban J connectivity index is 2.09. The first kappa shape index (κ1) is 25.7. The summed E-state index contributed by atoms with van der Waals surface area (Å²) in [5, 5.41) is 6.06. The van der Waals surface area contributed by atoms with Crippen molar-refractivity contribution >= 4 is 34.9 Å². The third-order valence-corrected chi connectivity index (χ3v) is 5.59. The Kier molecular flexibility index (Phi) is 7.79. The number of rotatable bonds is 5. The summed E-state index contributed by atoms with van der Waals surface area (Å²) in [4.78, 5) is 42.2. The molecule has 0 bridgehead atoms. The summed E-state index contributed by atoms with van der Waals surface area (Å²) in [5.74, 6) is 0.0825. The number of halogens is 3. The summed E-state index contributed by atoms with van der Waals surface area (Å²) in [7, 11) is 3.50. The Morgan fingerprint density at radius 1 is 1.14 bits per heavy atom. The van der Waals surface area contributed by atoms with Gasteiger partial charge in [0.05, 0.1) is 5.56 Å². The van der Waals surface area contributed by atoms with Crippen molar-refractivity contribution in [2.75, 3.05) is 26.0 Å². The Hall–Kier alpha value is -3.87. The van der Waals surface area contributed by atoms with Crippen LogP contribution in [0.5, 0.6) is 0 Å². The molecule has 3 heterocycles. The van der Waals surface area contributed by atoms with Gasteiger partial charge in [-0.3, -0.25) is 15.1 Å². The first-order chi connectivity index (χ1) is 16.5. The molecule has 3 rings (SSSR count). The zero-order valence-electron chi connectivity index (χ0n) is 19.3. The number of alkyl halides is 3. The molecule has 0 saturated heterocycles. The lowest BCUT2D eigenvalue weighted by molar-refractivity contribution is -0.140. The van der Waals surface area contributed by atoms with Crippen molar-refractivity contribution in [3.05, 3.63) is 47.4 Å². The topological polar surface area (TPSA) is 112 Å². The number of nitrogens with one attached hydrogen (secondary N) is 2. The Morgan fingerprint density at radius 3 is 2.51 bits per heavy atom. The second-order valence-electron chi connectivity index (χ2n) is 7.46. The van der Waals surface area contributed by atoms with Crippen molar-refractivity contribution in [2.45, 2.75) is 20.0 Å². The fraction of sp³-hybridized carbons (Fsp3) is 0.273. The molecule has 3 amide bonds. The SMILES string of the molecule is CCNC(=O)Nc1cc(-c2nc(C(F)(F)F)cs2)c(-c2cncc(C(=O)N=C(C)N(C)C)c2)cn1. The van der Waals surface area contributed by atoms with Crippen LogP contribution in [0.15, 0.2) is 41.1 Å². The van der Waals surface area contributed by atoms with Gasteiger partial charge in [-0.25, -0.2) is 14.8 Å². The number of hydrogen-bond acceptors (Lipinski definition) is 6. The molecule has 3 aromatic rings. The molecule has 35 heavy (non-hydrogen) atoms. The number of hydrogen-bond donors (Lipinski definition) is 2. The molecule has 3 aromatic heterocycles. The highest BCUT2D eigenvalue weighted by atomic mass is 32.1. The van der Waals surface area contributed by atoms with E-state index in [1.165, 1.54) is 30.7 Å². The van der Waals surface area contributed by atoms with Gasteiger partial charge >= 0.3 is 12.2 Å². The third kappa shape index (κ3) is 6.38. The van der Waals surface area contributed by atoms with E-state index in [0.29, 0.717) is 23.5 Å². The number of aliphatic imine (C=N–C) groups is 1. The van der Waals surface area contributed by atoms with Crippen LogP contribution in [0, 0.1) is 0 Å². The van der Waals surface area contributed by atoms with Gasteiger partial charge in [-0.05, 0) is 26.0 Å². The van der Waals surface area contributed by atoms with E-state index in [9.17, 15) is 22.8 Å². The molecular formula is C22H22F3N7O2S. The van der Waals surface area contributed by atoms with Crippen LogP contribution in [-0.4, -0.2) is 58.3 Å². The summed E-state index contributed by atoms with van der Waals surface area (Å²) in [6.07, 6.45) is -0.429. The number of thiazole rings is 1. The smallest absolute Gasteiger partial charge is 0.366 e. The number of nitrogens with zero attached hydrogens (tertiary/aromatic N) is 5. The van der Waals surface area contributed by atoms with Crippen molar-refractivity contribution in [3.63, 3.8) is 0 Å². The molecule has 0 unspecified atom stereocenters. The number of anilines is 1. The first-order valence-electron chi connectivity index (χ1n) is 10.3. The largest absolute Gasteiger partial charge is 0.434 e. The molecule has 0 aromatic carbocycles. The van der Waals surface area contributed by atoms with Gasteiger partial charge in [0.2, 0.25) is 0 Å². The van der Waals surface area contributed by atoms with Gasteiger partial charge in [0.15, 0.2) is 5.69 Å². The average Bonchev–Trinajstić information content (AvgIpc) is 3.30. The summed E-state index contributed by atoms with van der Waals surface area (Å²) in [6.45, 7) is 3.79. The van der Waals surface area contributed by atoms with Gasteiger partial charge in [0.25, 0.3) is 5.91 Å². The molecule has 0 aliphatic heterocycles. The maximum Gasteiger partial charge on any atom is 0.434 e. The Morgan fingerprint density at radius 2 is 1.89 bits per heavy atom. The molecule has 184 valence electrons. The van der Waals surface area contributed by atoms with E-state index in [-0.39, 0.29) is 22.0 Å². The Labute approximate surface area is 203 Å². The minimum Gasteiger partial charge on any atom is -0.366 e. The maximum absolute atomic E-state index is 13.2. The van der Waals surface area contributed by atoms with E-state index >= 15 is 0 Å². The number of carbonyl (C=O) groups is 2. The van der Waals surface area contributed by atoms with Crippen molar-refractivity contribution in [3.8, 4) is 21.7 Å². The molecule has 0 saturated carbocycles. The van der Waals surface area contributed by atoms with E-state index < -0.39 is 23.8 Å². The van der Waals surface area contributed by atoms with Crippen LogP contribution in [0.1, 0.15) is 29.9 Å². The molecule has 2 N–H and O–H groups in total. The zero-order valence-corrected chi connectivity index (χ0v) is 20.1. The van der Waals surface area contributed by atoms with Crippen LogP contribution >= 0.6 is 11.3 Å². The van der Waals surface area contributed by atoms with Gasteiger partial charge in [-0.15, -0.1) is 11.3 Å². The second kappa shape index (κ2) is 10.6. The lowest BCUT2D eigenvalue weighted by atomic mass is 10.0. The first-order valence-corrected chi connectivity index (χ1v) is 11.2. The lowest BCUT2D eigenvalue weighted by Gasteiger charge is -2.12. The monoisotopic (exact) mass is 505 g/mol. The minimum atomic E-state index is -4.61. The van der Waals surface area contributed by atoms with Crippen LogP contribution in [0.2, 0.25) is 0 Å². The fourth-order valence-electron chi connectivity index (χ4n) is 2.80. The van der Waals surface area contributed by atoms with Gasteiger partial charge < -0.3 is 10.2 Å². The lowest BCUT2D eigenvalue weighted by Crippen LogP contribution is -2.28. The number of amides is 3. The van der Waals surface area contributed by atoms with E-state index in [1.54, 1.807) is 32.8 Å². The molecule has 13 heteroatoms. The number of urea groups is 1. The van der Waals surface area contributed by atoms with Crippen LogP contribution in [-0.2, 0) is 6.18 Å². The van der Waals surface area contributed by atoms with Gasteiger partial charge in [-0.2, -0.15) is 18.2 Å². The van der Waals surface area contributed by atoms with E-state index in [1.807, 2.05) is 0 Å². The molecule has 0 radical (unpaired) electrons. The third-order valence-electron chi connectivity index (χ3n) is 4.71. The second-order valence-corrected chi connectivity index (χ2v) is 8.31. The van der Waals surface area contributed by atoms with Gasteiger partial charge in [0, 0.05) is 61.3 Å². The minimum absolute atomic E-state index is 0.0619. The van der Waals surface area contributed by atoms with Crippen LogP contribution in [0.4, 0.5) is 23.8 Å². The number of aromatic nitrogens is 3. The van der Waals surface area contributed by atoms with Crippen LogP contribution in [0.25, 0.3) is 21.7 Å². The highest BCUT2D eigenvalue weighted by molar-refractivity contribution is 7.13. The van der Waals surface area contributed by atoms with Gasteiger partial charge in [-0.1, -0.05) is 0 Å². The van der Waals surface area contributed by atoms with Crippen molar-refractivity contribution in [1.29, 1.82) is 0 Å². The maximum atomic E-state index is 13.2. The van der Waals surface area contributed by atoms with Crippen molar-refractivity contribution in [1.82, 2.24) is 25.2 Å². The molecule has 0 atom stereocenters. The summed E-state index contributed by atoms with van der Waals surface area (Å²) in [6, 6.07) is 2.43. The predicted octanol–water partition coefficient (Wildman–Crippen LogP) is 4.55. The van der Waals surface area contributed by atoms with E-state index in [0.717, 1.165) is 16.7 Å². The van der Waals surface area contributed by atoms with Crippen LogP contribution < -0.4 is 10.6 Å². The quantitative estimate of drug-likeness (QED) is 0.389. The number of amidine groups is 1. The van der Waals surface area contributed by atoms with E-state index in [4.69, 9.17) is 0 Å². The van der Waals surface area contributed by atoms with Gasteiger partial charge in [0.1, 0.15) is 16.7 Å². The number of carbonyl (C=O) groups excluding carboxylic acids is 2. The molecule has 0 aliphatic carbocycles. The Bertz CT molecular complexity index is 1270.